The summed E-state index contributed by atoms with van der Waals surface area (Å²) in [4.78, 5) is 30.8. The second-order valence-corrected chi connectivity index (χ2v) is 10.2. The SMILES string of the molecule is Cc1ccc([C@H](C(=O)NC(C)(C)C)N(Cc2ccco2)C(=O)Cn2nnc(-c3cccs3)n2)cc1. The lowest BCUT2D eigenvalue weighted by atomic mass is 10.00. The summed E-state index contributed by atoms with van der Waals surface area (Å²) >= 11 is 1.49. The normalized spacial score (nSPS) is 12.3. The molecule has 4 rings (SSSR count). The van der Waals surface area contributed by atoms with Gasteiger partial charge in [-0.2, -0.15) is 4.80 Å². The highest BCUT2D eigenvalue weighted by atomic mass is 32.1. The lowest BCUT2D eigenvalue weighted by Crippen LogP contribution is -2.49. The van der Waals surface area contributed by atoms with Crippen molar-refractivity contribution in [3.05, 3.63) is 77.1 Å². The number of aromatic nitrogens is 4. The molecule has 0 aliphatic carbocycles. The van der Waals surface area contributed by atoms with Crippen LogP contribution in [0.5, 0.6) is 0 Å². The van der Waals surface area contributed by atoms with Gasteiger partial charge in [0.05, 0.1) is 17.7 Å². The molecule has 2 amide bonds. The van der Waals surface area contributed by atoms with Crippen LogP contribution in [0.1, 0.15) is 43.7 Å². The molecule has 1 atom stereocenters. The van der Waals surface area contributed by atoms with E-state index < -0.39 is 11.6 Å². The van der Waals surface area contributed by atoms with Gasteiger partial charge in [-0.25, -0.2) is 0 Å². The monoisotopic (exact) mass is 492 g/mol. The molecular formula is C25H28N6O3S. The van der Waals surface area contributed by atoms with Crippen molar-refractivity contribution in [2.45, 2.75) is 52.4 Å². The fourth-order valence-corrected chi connectivity index (χ4v) is 4.23. The molecule has 3 heterocycles. The zero-order valence-corrected chi connectivity index (χ0v) is 21.0. The van der Waals surface area contributed by atoms with E-state index in [4.69, 9.17) is 4.42 Å². The highest BCUT2D eigenvalue weighted by Gasteiger charge is 2.34. The number of furan rings is 1. The van der Waals surface area contributed by atoms with Crippen molar-refractivity contribution in [2.75, 3.05) is 0 Å². The molecule has 182 valence electrons. The number of thiophene rings is 1. The molecule has 0 radical (unpaired) electrons. The summed E-state index contributed by atoms with van der Waals surface area (Å²) in [5, 5.41) is 17.4. The topological polar surface area (TPSA) is 106 Å². The van der Waals surface area contributed by atoms with Gasteiger partial charge in [-0.3, -0.25) is 9.59 Å². The number of amides is 2. The van der Waals surface area contributed by atoms with Crippen LogP contribution in [0.2, 0.25) is 0 Å². The largest absolute Gasteiger partial charge is 0.467 e. The van der Waals surface area contributed by atoms with Crippen LogP contribution < -0.4 is 5.32 Å². The number of nitrogens with one attached hydrogen (secondary N) is 1. The van der Waals surface area contributed by atoms with Gasteiger partial charge in [0.25, 0.3) is 0 Å². The molecule has 10 heteroatoms. The number of nitrogens with zero attached hydrogens (tertiary/aromatic N) is 5. The average molecular weight is 493 g/mol. The quantitative estimate of drug-likeness (QED) is 0.399. The van der Waals surface area contributed by atoms with Crippen LogP contribution in [-0.2, 0) is 22.7 Å². The van der Waals surface area contributed by atoms with E-state index in [-0.39, 0.29) is 24.9 Å². The molecule has 0 saturated heterocycles. The van der Waals surface area contributed by atoms with Gasteiger partial charge in [-0.15, -0.1) is 21.5 Å². The van der Waals surface area contributed by atoms with E-state index in [2.05, 4.69) is 20.7 Å². The second kappa shape index (κ2) is 10.2. The van der Waals surface area contributed by atoms with Crippen LogP contribution in [0.3, 0.4) is 0 Å². The summed E-state index contributed by atoms with van der Waals surface area (Å²) in [7, 11) is 0. The number of hydrogen-bond acceptors (Lipinski definition) is 7. The zero-order valence-electron chi connectivity index (χ0n) is 20.1. The number of benzene rings is 1. The Bertz CT molecular complexity index is 1260. The maximum atomic E-state index is 13.7. The maximum Gasteiger partial charge on any atom is 0.247 e. The lowest BCUT2D eigenvalue weighted by molar-refractivity contribution is -0.143. The molecule has 0 saturated carbocycles. The summed E-state index contributed by atoms with van der Waals surface area (Å²) in [5.74, 6) is 0.383. The van der Waals surface area contributed by atoms with Crippen molar-refractivity contribution in [1.29, 1.82) is 0 Å². The molecular weight excluding hydrogens is 464 g/mol. The molecule has 0 aliphatic heterocycles. The number of carbonyl (C=O) groups excluding carboxylic acids is 2. The van der Waals surface area contributed by atoms with Gasteiger partial charge in [0.15, 0.2) is 0 Å². The molecule has 3 aromatic heterocycles. The predicted octanol–water partition coefficient (Wildman–Crippen LogP) is 3.99. The summed E-state index contributed by atoms with van der Waals surface area (Å²) in [6, 6.07) is 14.0. The van der Waals surface area contributed by atoms with Crippen molar-refractivity contribution in [2.24, 2.45) is 0 Å². The van der Waals surface area contributed by atoms with Gasteiger partial charge in [-0.1, -0.05) is 35.9 Å². The first-order valence-corrected chi connectivity index (χ1v) is 12.1. The van der Waals surface area contributed by atoms with E-state index in [9.17, 15) is 9.59 Å². The third kappa shape index (κ3) is 6.21. The van der Waals surface area contributed by atoms with Crippen molar-refractivity contribution in [3.63, 3.8) is 0 Å². The molecule has 0 unspecified atom stereocenters. The molecule has 35 heavy (non-hydrogen) atoms. The van der Waals surface area contributed by atoms with Gasteiger partial charge < -0.3 is 14.6 Å². The Balaban J connectivity index is 1.68. The summed E-state index contributed by atoms with van der Waals surface area (Å²) < 4.78 is 5.53. The average Bonchev–Trinajstić information content (AvgIpc) is 3.56. The number of rotatable bonds is 8. The van der Waals surface area contributed by atoms with Crippen molar-refractivity contribution < 1.29 is 14.0 Å². The maximum absolute atomic E-state index is 13.7. The molecule has 0 aliphatic rings. The minimum atomic E-state index is -0.882. The van der Waals surface area contributed by atoms with Gasteiger partial charge in [0.2, 0.25) is 17.6 Å². The van der Waals surface area contributed by atoms with E-state index >= 15 is 0 Å². The minimum absolute atomic E-state index is 0.106. The van der Waals surface area contributed by atoms with Crippen LogP contribution in [0.25, 0.3) is 10.7 Å². The van der Waals surface area contributed by atoms with Crippen LogP contribution in [0, 0.1) is 6.92 Å². The number of carbonyl (C=O) groups is 2. The first kappa shape index (κ1) is 24.3. The Labute approximate surface area is 207 Å². The Morgan fingerprint density at radius 3 is 2.54 bits per heavy atom. The van der Waals surface area contributed by atoms with Gasteiger partial charge >= 0.3 is 0 Å². The van der Waals surface area contributed by atoms with E-state index in [1.165, 1.54) is 21.0 Å². The van der Waals surface area contributed by atoms with E-state index in [0.29, 0.717) is 17.1 Å². The molecule has 1 aromatic carbocycles. The summed E-state index contributed by atoms with van der Waals surface area (Å²) in [6.07, 6.45) is 1.54. The highest BCUT2D eigenvalue weighted by Crippen LogP contribution is 2.26. The zero-order chi connectivity index (χ0) is 25.0. The van der Waals surface area contributed by atoms with Crippen LogP contribution in [0.4, 0.5) is 0 Å². The Hall–Kier alpha value is -3.79. The smallest absolute Gasteiger partial charge is 0.247 e. The lowest BCUT2D eigenvalue weighted by Gasteiger charge is -2.33. The number of aryl methyl sites for hydroxylation is 1. The highest BCUT2D eigenvalue weighted by molar-refractivity contribution is 7.13. The first-order chi connectivity index (χ1) is 16.7. The number of tetrazole rings is 1. The van der Waals surface area contributed by atoms with E-state index in [1.807, 2.05) is 69.5 Å². The Morgan fingerprint density at radius 1 is 1.14 bits per heavy atom. The molecule has 4 aromatic rings. The van der Waals surface area contributed by atoms with Crippen LogP contribution in [-0.4, -0.2) is 42.5 Å². The van der Waals surface area contributed by atoms with E-state index in [0.717, 1.165) is 10.4 Å². The molecule has 0 bridgehead atoms. The Morgan fingerprint density at radius 2 is 1.91 bits per heavy atom. The first-order valence-electron chi connectivity index (χ1n) is 11.2. The molecule has 0 spiro atoms. The molecule has 1 N–H and O–H groups in total. The standard InChI is InChI=1S/C25H28N6O3S/c1-17-9-11-18(12-10-17)22(24(33)26-25(2,3)4)30(15-19-7-5-13-34-19)21(32)16-31-28-23(27-29-31)20-8-6-14-35-20/h5-14,22H,15-16H2,1-4H3,(H,26,33)/t22-/m1/s1. The van der Waals surface area contributed by atoms with Crippen molar-refractivity contribution >= 4 is 23.2 Å². The second-order valence-electron chi connectivity index (χ2n) is 9.27. The predicted molar refractivity (Wildman–Crippen MR) is 132 cm³/mol. The summed E-state index contributed by atoms with van der Waals surface area (Å²) in [6.45, 7) is 7.61. The van der Waals surface area contributed by atoms with E-state index in [1.54, 1.807) is 18.4 Å². The fraction of sp³-hybridized carbons (Fsp3) is 0.320. The van der Waals surface area contributed by atoms with Gasteiger partial charge in [-0.05, 0) is 62.1 Å². The third-order valence-corrected chi connectivity index (χ3v) is 6.01. The fourth-order valence-electron chi connectivity index (χ4n) is 3.58. The Kier molecular flexibility index (Phi) is 7.11. The van der Waals surface area contributed by atoms with Crippen LogP contribution >= 0.6 is 11.3 Å². The molecule has 9 nitrogen and oxygen atoms in total. The van der Waals surface area contributed by atoms with Gasteiger partial charge in [0, 0.05) is 5.54 Å². The molecule has 0 fully saturated rings. The van der Waals surface area contributed by atoms with Crippen molar-refractivity contribution in [1.82, 2.24) is 30.4 Å². The van der Waals surface area contributed by atoms with Gasteiger partial charge in [0.1, 0.15) is 18.3 Å². The van der Waals surface area contributed by atoms with Crippen LogP contribution in [0.15, 0.2) is 64.6 Å². The number of hydrogen-bond donors (Lipinski definition) is 1. The van der Waals surface area contributed by atoms with Crippen molar-refractivity contribution in [3.8, 4) is 10.7 Å². The third-order valence-electron chi connectivity index (χ3n) is 5.15. The minimum Gasteiger partial charge on any atom is -0.467 e. The summed E-state index contributed by atoms with van der Waals surface area (Å²) in [5.41, 5.74) is 1.27.